The van der Waals surface area contributed by atoms with Crippen LogP contribution < -0.4 is 21.4 Å². The number of aliphatic hydroxyl groups is 1. The molecule has 0 aliphatic carbocycles. The van der Waals surface area contributed by atoms with E-state index >= 15 is 0 Å². The molecule has 0 amide bonds. The molecule has 5 heteroatoms. The van der Waals surface area contributed by atoms with Crippen LogP contribution in [0.2, 0.25) is 0 Å². The average Bonchev–Trinajstić information content (AvgIpc) is 3.71. The molecule has 1 aliphatic rings. The smallest absolute Gasteiger partial charge is 0.163 e. The number of rotatable bonds is 8. The lowest BCUT2D eigenvalue weighted by Gasteiger charge is -2.04. The van der Waals surface area contributed by atoms with Crippen molar-refractivity contribution >= 4 is 24.0 Å². The van der Waals surface area contributed by atoms with Crippen LogP contribution in [0, 0.1) is 0 Å². The molecule has 0 atom stereocenters. The third-order valence-corrected chi connectivity index (χ3v) is 9.24. The van der Waals surface area contributed by atoms with Crippen LogP contribution in [0.25, 0.3) is 24.0 Å². The lowest BCUT2D eigenvalue weighted by atomic mass is 10.0. The Labute approximate surface area is 244 Å². The van der Waals surface area contributed by atoms with Crippen molar-refractivity contribution in [3.63, 3.8) is 0 Å². The molecule has 5 N–H and O–H groups in total. The zero-order valence-corrected chi connectivity index (χ0v) is 26.3. The quantitative estimate of drug-likeness (QED) is 0.209. The van der Waals surface area contributed by atoms with Gasteiger partial charge in [-0.2, -0.15) is 0 Å². The van der Waals surface area contributed by atoms with Gasteiger partial charge in [-0.1, -0.05) is 55.4 Å². The highest BCUT2D eigenvalue weighted by Gasteiger charge is 2.21. The number of nitrogens with one attached hydrogen (secondary N) is 4. The maximum Gasteiger partial charge on any atom is 0.163 e. The fourth-order valence-electron chi connectivity index (χ4n) is 7.35. The average molecular weight is 553 g/mol. The Morgan fingerprint density at radius 3 is 1.22 bits per heavy atom. The Bertz CT molecular complexity index is 1830. The number of hydrogen-bond acceptors (Lipinski definition) is 1. The first kappa shape index (κ1) is 28.9. The number of aromatic amines is 4. The minimum Gasteiger partial charge on any atom is -0.504 e. The molecular weight excluding hydrogens is 504 g/mol. The molecule has 0 unspecified atom stereocenters. The van der Waals surface area contributed by atoms with Crippen molar-refractivity contribution in [1.82, 2.24) is 19.9 Å². The number of aromatic nitrogens is 4. The Morgan fingerprint density at radius 2 is 0.780 bits per heavy atom. The van der Waals surface area contributed by atoms with Gasteiger partial charge in [0, 0.05) is 33.1 Å². The lowest BCUT2D eigenvalue weighted by Crippen LogP contribution is -2.17. The Balaban J connectivity index is 2.04. The van der Waals surface area contributed by atoms with Gasteiger partial charge in [0.2, 0.25) is 0 Å². The van der Waals surface area contributed by atoms with Crippen molar-refractivity contribution in [2.24, 2.45) is 0 Å². The molecule has 1 aliphatic heterocycles. The summed E-state index contributed by atoms with van der Waals surface area (Å²) in [6, 6.07) is 0. The van der Waals surface area contributed by atoms with Crippen LogP contribution in [0.3, 0.4) is 0 Å². The van der Waals surface area contributed by atoms with Crippen LogP contribution in [0.1, 0.15) is 123 Å². The number of hydrogen-bond donors (Lipinski definition) is 5. The number of fused-ring (bicyclic) bond motifs is 8. The van der Waals surface area contributed by atoms with Gasteiger partial charge in [-0.15, -0.1) is 0 Å². The zero-order valence-electron chi connectivity index (χ0n) is 26.3. The van der Waals surface area contributed by atoms with E-state index in [1.807, 2.05) is 0 Å². The van der Waals surface area contributed by atoms with E-state index in [0.717, 1.165) is 84.5 Å². The van der Waals surface area contributed by atoms with Gasteiger partial charge in [0.15, 0.2) is 5.76 Å². The second-order valence-electron chi connectivity index (χ2n) is 11.2. The third kappa shape index (κ3) is 4.64. The highest BCUT2D eigenvalue weighted by molar-refractivity contribution is 5.68. The van der Waals surface area contributed by atoms with E-state index < -0.39 is 0 Å². The highest BCUT2D eigenvalue weighted by atomic mass is 16.3. The molecule has 0 radical (unpaired) electrons. The molecule has 4 aromatic rings. The van der Waals surface area contributed by atoms with Gasteiger partial charge in [0.25, 0.3) is 0 Å². The predicted octanol–water partition coefficient (Wildman–Crippen LogP) is 5.01. The molecular formula is C36H48N4O. The number of aliphatic hydroxyl groups excluding tert-OH is 1. The first-order chi connectivity index (χ1) is 19.9. The summed E-state index contributed by atoms with van der Waals surface area (Å²) in [7, 11) is 0. The van der Waals surface area contributed by atoms with Gasteiger partial charge in [-0.3, -0.25) is 0 Å². The molecule has 5 nitrogen and oxygen atoms in total. The molecule has 5 heterocycles. The summed E-state index contributed by atoms with van der Waals surface area (Å²) in [5, 5.41) is 16.2. The molecule has 218 valence electrons. The minimum atomic E-state index is 0.317. The van der Waals surface area contributed by atoms with Crippen molar-refractivity contribution in [3.05, 3.63) is 88.7 Å². The van der Waals surface area contributed by atoms with E-state index in [4.69, 9.17) is 0 Å². The highest BCUT2D eigenvalue weighted by Crippen LogP contribution is 2.26. The Morgan fingerprint density at radius 1 is 0.415 bits per heavy atom. The van der Waals surface area contributed by atoms with Gasteiger partial charge >= 0.3 is 0 Å². The fourth-order valence-corrected chi connectivity index (χ4v) is 7.35. The maximum atomic E-state index is 12.0. The summed E-state index contributed by atoms with van der Waals surface area (Å²) in [5.41, 5.74) is 14.7. The molecule has 0 saturated carbocycles. The summed E-state index contributed by atoms with van der Waals surface area (Å²) in [6.07, 6.45) is 14.3. The van der Waals surface area contributed by atoms with Crippen LogP contribution in [-0.4, -0.2) is 25.0 Å². The minimum absolute atomic E-state index is 0.317. The van der Waals surface area contributed by atoms with Gasteiger partial charge in [-0.05, 0) is 114 Å². The van der Waals surface area contributed by atoms with Gasteiger partial charge in [0.05, 0.1) is 11.0 Å². The monoisotopic (exact) mass is 552 g/mol. The van der Waals surface area contributed by atoms with Crippen LogP contribution in [0.4, 0.5) is 0 Å². The number of H-pyrrole nitrogens is 4. The van der Waals surface area contributed by atoms with E-state index in [2.05, 4.69) is 93.6 Å². The summed E-state index contributed by atoms with van der Waals surface area (Å²) in [4.78, 5) is 15.0. The van der Waals surface area contributed by atoms with Crippen molar-refractivity contribution in [2.45, 2.75) is 107 Å². The second-order valence-corrected chi connectivity index (χ2v) is 11.2. The SMILES string of the molecule is CCc1c2[nH]c(c1CC)C=c1[nH]c(c(CC)c1CC)=C(O)c1[nH]c(c(CC)c1CC)C=c1[nH]c(c(CC)c1CC)=C2. The van der Waals surface area contributed by atoms with Crippen LogP contribution in [-0.2, 0) is 51.4 Å². The second kappa shape index (κ2) is 11.7. The lowest BCUT2D eigenvalue weighted by molar-refractivity contribution is 0.501. The molecule has 5 rings (SSSR count). The van der Waals surface area contributed by atoms with Gasteiger partial charge in [-0.25, -0.2) is 0 Å². The van der Waals surface area contributed by atoms with E-state index in [9.17, 15) is 5.11 Å². The van der Waals surface area contributed by atoms with Crippen molar-refractivity contribution in [2.75, 3.05) is 0 Å². The normalized spacial score (nSPS) is 12.8. The first-order valence-electron chi connectivity index (χ1n) is 15.9. The third-order valence-electron chi connectivity index (χ3n) is 9.24. The van der Waals surface area contributed by atoms with Gasteiger partial charge < -0.3 is 25.0 Å². The van der Waals surface area contributed by atoms with Crippen molar-refractivity contribution in [3.8, 4) is 0 Å². The van der Waals surface area contributed by atoms with E-state index in [1.165, 1.54) is 55.6 Å². The van der Waals surface area contributed by atoms with Crippen molar-refractivity contribution in [1.29, 1.82) is 0 Å². The van der Waals surface area contributed by atoms with E-state index in [0.29, 0.717) is 5.76 Å². The van der Waals surface area contributed by atoms with Crippen LogP contribution in [0.15, 0.2) is 0 Å². The Kier molecular flexibility index (Phi) is 8.26. The molecule has 41 heavy (non-hydrogen) atoms. The Hall–Kier alpha value is -3.60. The van der Waals surface area contributed by atoms with Gasteiger partial charge in [0.1, 0.15) is 0 Å². The van der Waals surface area contributed by atoms with E-state index in [1.54, 1.807) is 0 Å². The summed E-state index contributed by atoms with van der Waals surface area (Å²) < 4.78 is 0. The molecule has 0 fully saturated rings. The topological polar surface area (TPSA) is 83.4 Å². The molecule has 0 spiro atoms. The summed E-state index contributed by atoms with van der Waals surface area (Å²) in [6.45, 7) is 17.8. The first-order valence-corrected chi connectivity index (χ1v) is 15.9. The molecule has 0 aromatic carbocycles. The zero-order chi connectivity index (χ0) is 29.4. The fraction of sp³-hybridized carbons (Fsp3) is 0.444. The van der Waals surface area contributed by atoms with Crippen LogP contribution >= 0.6 is 0 Å². The predicted molar refractivity (Wildman–Crippen MR) is 173 cm³/mol. The summed E-state index contributed by atoms with van der Waals surface area (Å²) >= 11 is 0. The summed E-state index contributed by atoms with van der Waals surface area (Å²) in [5.74, 6) is 0.317. The van der Waals surface area contributed by atoms with E-state index in [-0.39, 0.29) is 0 Å². The maximum absolute atomic E-state index is 12.0. The largest absolute Gasteiger partial charge is 0.504 e. The molecule has 0 saturated heterocycles. The standard InChI is InChI=1S/C36H48N4O/c1-9-20-22(11-3)30-18-32-24(13-5)26(15-7)34(39-32)36(41)35-27(16-8)25(14-6)33(40-35)19-31-23(12-4)21(10-2)29(38-31)17-28(20)37-30/h17-19,37-41H,9-16H2,1-8H3. The molecule has 4 aromatic heterocycles. The van der Waals surface area contributed by atoms with Crippen LogP contribution in [0.5, 0.6) is 0 Å². The van der Waals surface area contributed by atoms with Crippen molar-refractivity contribution < 1.29 is 5.11 Å². The molecule has 8 bridgehead atoms.